The molecule has 0 heterocycles. The summed E-state index contributed by atoms with van der Waals surface area (Å²) in [6.07, 6.45) is 0.875. The largest absolute Gasteiger partial charge is 0.494 e. The fourth-order valence-electron chi connectivity index (χ4n) is 2.14. The van der Waals surface area contributed by atoms with Crippen molar-refractivity contribution in [2.24, 2.45) is 4.99 Å². The van der Waals surface area contributed by atoms with E-state index in [-0.39, 0.29) is 24.0 Å². The Morgan fingerprint density at radius 2 is 1.92 bits per heavy atom. The number of nitrogens with zero attached hydrogens (tertiary/aromatic N) is 2. The number of guanidine groups is 1. The molecule has 0 aliphatic heterocycles. The summed E-state index contributed by atoms with van der Waals surface area (Å²) in [6.45, 7) is 2.04. The van der Waals surface area contributed by atoms with Crippen LogP contribution in [-0.2, 0) is 6.54 Å². The van der Waals surface area contributed by atoms with E-state index < -0.39 is 0 Å². The van der Waals surface area contributed by atoms with Gasteiger partial charge in [0.25, 0.3) is 0 Å². The van der Waals surface area contributed by atoms with Crippen molar-refractivity contribution in [3.05, 3.63) is 65.7 Å². The molecule has 0 aromatic heterocycles. The molecular weight excluding hydrogens is 427 g/mol. The third-order valence-electron chi connectivity index (χ3n) is 3.37. The predicted octanol–water partition coefficient (Wildman–Crippen LogP) is 3.31. The van der Waals surface area contributed by atoms with Gasteiger partial charge in [0.1, 0.15) is 5.75 Å². The first-order chi connectivity index (χ1) is 11.8. The van der Waals surface area contributed by atoms with Gasteiger partial charge in [0.15, 0.2) is 5.96 Å². The van der Waals surface area contributed by atoms with Gasteiger partial charge in [-0.3, -0.25) is 4.99 Å². The van der Waals surface area contributed by atoms with E-state index in [0.29, 0.717) is 18.7 Å². The van der Waals surface area contributed by atoms with Crippen molar-refractivity contribution in [2.75, 3.05) is 20.2 Å². The highest BCUT2D eigenvalue weighted by Crippen LogP contribution is 2.08. The number of hydrogen-bond donors (Lipinski definition) is 2. The van der Waals surface area contributed by atoms with Crippen LogP contribution >= 0.6 is 24.0 Å². The van der Waals surface area contributed by atoms with Gasteiger partial charge in [-0.25, -0.2) is 0 Å². The first-order valence-corrected chi connectivity index (χ1v) is 7.93. The highest BCUT2D eigenvalue weighted by atomic mass is 127. The minimum atomic E-state index is 0. The van der Waals surface area contributed by atoms with Gasteiger partial charge >= 0.3 is 0 Å². The second-order valence-electron chi connectivity index (χ2n) is 5.18. The smallest absolute Gasteiger partial charge is 0.191 e. The standard InChI is InChI=1S/C19H22N4O.HI/c1-21-19(23-15-17-8-5-7-16(13-17)14-20)22-11-6-12-24-18-9-3-2-4-10-18;/h2-5,7-10,13H,6,11-12,15H2,1H3,(H2,21,22,23);1H. The molecule has 132 valence electrons. The number of para-hydroxylation sites is 1. The summed E-state index contributed by atoms with van der Waals surface area (Å²) >= 11 is 0. The van der Waals surface area contributed by atoms with Gasteiger partial charge in [-0.05, 0) is 36.2 Å². The maximum absolute atomic E-state index is 8.92. The van der Waals surface area contributed by atoms with Gasteiger partial charge in [-0.2, -0.15) is 5.26 Å². The highest BCUT2D eigenvalue weighted by Gasteiger charge is 1.99. The molecule has 0 unspecified atom stereocenters. The maximum atomic E-state index is 8.92. The molecule has 0 bridgehead atoms. The summed E-state index contributed by atoms with van der Waals surface area (Å²) in [5.41, 5.74) is 1.71. The lowest BCUT2D eigenvalue weighted by molar-refractivity contribution is 0.311. The zero-order valence-electron chi connectivity index (χ0n) is 14.2. The van der Waals surface area contributed by atoms with Crippen LogP contribution in [0, 0.1) is 11.3 Å². The summed E-state index contributed by atoms with van der Waals surface area (Å²) < 4.78 is 5.65. The third kappa shape index (κ3) is 7.90. The molecule has 0 radical (unpaired) electrons. The van der Waals surface area contributed by atoms with Crippen LogP contribution in [0.25, 0.3) is 0 Å². The van der Waals surface area contributed by atoms with Gasteiger partial charge in [-0.15, -0.1) is 24.0 Å². The summed E-state index contributed by atoms with van der Waals surface area (Å²) in [6, 6.07) is 19.5. The molecule has 5 nitrogen and oxygen atoms in total. The second-order valence-corrected chi connectivity index (χ2v) is 5.18. The molecule has 6 heteroatoms. The maximum Gasteiger partial charge on any atom is 0.191 e. The number of aliphatic imine (C=N–C) groups is 1. The first kappa shape index (κ1) is 20.8. The van der Waals surface area contributed by atoms with Crippen molar-refractivity contribution < 1.29 is 4.74 Å². The summed E-state index contributed by atoms with van der Waals surface area (Å²) in [7, 11) is 1.74. The molecule has 0 spiro atoms. The molecule has 25 heavy (non-hydrogen) atoms. The van der Waals surface area contributed by atoms with E-state index in [9.17, 15) is 0 Å². The van der Waals surface area contributed by atoms with Gasteiger partial charge in [-0.1, -0.05) is 30.3 Å². The van der Waals surface area contributed by atoms with Gasteiger partial charge in [0.05, 0.1) is 18.2 Å². The monoisotopic (exact) mass is 450 g/mol. The Morgan fingerprint density at radius 3 is 2.64 bits per heavy atom. The Morgan fingerprint density at radius 1 is 1.12 bits per heavy atom. The zero-order chi connectivity index (χ0) is 17.0. The molecule has 0 fully saturated rings. The van der Waals surface area contributed by atoms with Crippen LogP contribution < -0.4 is 15.4 Å². The number of rotatable bonds is 7. The second kappa shape index (κ2) is 12.1. The van der Waals surface area contributed by atoms with Gasteiger partial charge in [0, 0.05) is 20.1 Å². The number of ether oxygens (including phenoxy) is 1. The number of benzene rings is 2. The number of halogens is 1. The molecule has 0 aliphatic carbocycles. The minimum absolute atomic E-state index is 0. The molecule has 2 N–H and O–H groups in total. The number of nitriles is 1. The number of nitrogens with one attached hydrogen (secondary N) is 2. The van der Waals surface area contributed by atoms with Crippen LogP contribution in [0.15, 0.2) is 59.6 Å². The summed E-state index contributed by atoms with van der Waals surface area (Å²) in [5.74, 6) is 1.62. The minimum Gasteiger partial charge on any atom is -0.494 e. The summed E-state index contributed by atoms with van der Waals surface area (Å²) in [5, 5.41) is 15.4. The van der Waals surface area contributed by atoms with E-state index in [1.54, 1.807) is 13.1 Å². The third-order valence-corrected chi connectivity index (χ3v) is 3.37. The van der Waals surface area contributed by atoms with Crippen molar-refractivity contribution >= 4 is 29.9 Å². The zero-order valence-corrected chi connectivity index (χ0v) is 16.6. The molecular formula is C19H23IN4O. The topological polar surface area (TPSA) is 69.4 Å². The predicted molar refractivity (Wildman–Crippen MR) is 111 cm³/mol. The molecule has 2 aromatic carbocycles. The van der Waals surface area contributed by atoms with Crippen molar-refractivity contribution in [2.45, 2.75) is 13.0 Å². The lowest BCUT2D eigenvalue weighted by Gasteiger charge is -2.12. The molecule has 2 rings (SSSR count). The van der Waals surface area contributed by atoms with Crippen LogP contribution in [-0.4, -0.2) is 26.2 Å². The molecule has 0 saturated heterocycles. The molecule has 2 aromatic rings. The fraction of sp³-hybridized carbons (Fsp3) is 0.263. The van der Waals surface area contributed by atoms with Crippen LogP contribution in [0.2, 0.25) is 0 Å². The SMILES string of the molecule is CN=C(NCCCOc1ccccc1)NCc1cccc(C#N)c1.I. The van der Waals surface area contributed by atoms with E-state index in [1.807, 2.05) is 48.5 Å². The van der Waals surface area contributed by atoms with Crippen LogP contribution in [0.5, 0.6) is 5.75 Å². The molecule has 0 atom stereocenters. The normalized spacial score (nSPS) is 10.3. The van der Waals surface area contributed by atoms with E-state index in [1.165, 1.54) is 0 Å². The Bertz CT molecular complexity index is 698. The Hall–Kier alpha value is -2.27. The average molecular weight is 450 g/mol. The Kier molecular flexibility index (Phi) is 10.1. The van der Waals surface area contributed by atoms with E-state index in [4.69, 9.17) is 10.00 Å². The summed E-state index contributed by atoms with van der Waals surface area (Å²) in [4.78, 5) is 4.19. The quantitative estimate of drug-likeness (QED) is 0.294. The van der Waals surface area contributed by atoms with Crippen molar-refractivity contribution in [3.63, 3.8) is 0 Å². The first-order valence-electron chi connectivity index (χ1n) is 7.93. The highest BCUT2D eigenvalue weighted by molar-refractivity contribution is 14.0. The Labute approximate surface area is 166 Å². The van der Waals surface area contributed by atoms with Gasteiger partial charge in [0.2, 0.25) is 0 Å². The van der Waals surface area contributed by atoms with Crippen LogP contribution in [0.1, 0.15) is 17.5 Å². The van der Waals surface area contributed by atoms with Crippen LogP contribution in [0.3, 0.4) is 0 Å². The van der Waals surface area contributed by atoms with E-state index in [0.717, 1.165) is 30.2 Å². The lowest BCUT2D eigenvalue weighted by Crippen LogP contribution is -2.37. The van der Waals surface area contributed by atoms with Crippen LogP contribution in [0.4, 0.5) is 0 Å². The van der Waals surface area contributed by atoms with Crippen molar-refractivity contribution in [1.29, 1.82) is 5.26 Å². The molecule has 0 amide bonds. The molecule has 0 saturated carbocycles. The van der Waals surface area contributed by atoms with E-state index >= 15 is 0 Å². The fourth-order valence-corrected chi connectivity index (χ4v) is 2.14. The van der Waals surface area contributed by atoms with Crippen molar-refractivity contribution in [3.8, 4) is 11.8 Å². The Balaban J connectivity index is 0.00000312. The van der Waals surface area contributed by atoms with E-state index in [2.05, 4.69) is 21.7 Å². The lowest BCUT2D eigenvalue weighted by atomic mass is 10.1. The molecule has 0 aliphatic rings. The van der Waals surface area contributed by atoms with Gasteiger partial charge < -0.3 is 15.4 Å². The average Bonchev–Trinajstić information content (AvgIpc) is 2.65. The van der Waals surface area contributed by atoms with Crippen molar-refractivity contribution in [1.82, 2.24) is 10.6 Å². The number of hydrogen-bond acceptors (Lipinski definition) is 3.